The average Bonchev–Trinajstić information content (AvgIpc) is 2.06. The summed E-state index contributed by atoms with van der Waals surface area (Å²) in [7, 11) is 0. The van der Waals surface area contributed by atoms with E-state index in [0.29, 0.717) is 16.6 Å². The Bertz CT molecular complexity index is 367. The summed E-state index contributed by atoms with van der Waals surface area (Å²) in [4.78, 5) is 11.0. The first-order valence-corrected chi connectivity index (χ1v) is 4.18. The van der Waals surface area contributed by atoms with Crippen molar-refractivity contribution in [2.24, 2.45) is 0 Å². The maximum absolute atomic E-state index is 12.0. The van der Waals surface area contributed by atoms with E-state index in [9.17, 15) is 18.0 Å². The Morgan fingerprint density at radius 3 is 2.50 bits per heavy atom. The third-order valence-electron chi connectivity index (χ3n) is 1.80. The van der Waals surface area contributed by atoms with Gasteiger partial charge in [-0.15, -0.1) is 0 Å². The van der Waals surface area contributed by atoms with Crippen LogP contribution in [0.5, 0.6) is 0 Å². The number of rotatable bonds is 2. The second kappa shape index (κ2) is 3.86. The molecule has 2 nitrogen and oxygen atoms in total. The highest BCUT2D eigenvalue weighted by Gasteiger charge is 2.28. The maximum Gasteiger partial charge on any atom is 0.406 e. The lowest BCUT2D eigenvalue weighted by Gasteiger charge is -2.09. The van der Waals surface area contributed by atoms with E-state index in [1.807, 2.05) is 6.92 Å². The summed E-state index contributed by atoms with van der Waals surface area (Å²) >= 11 is 0. The van der Waals surface area contributed by atoms with Crippen LogP contribution in [0.3, 0.4) is 0 Å². The van der Waals surface area contributed by atoms with Crippen molar-refractivity contribution in [2.75, 3.05) is 0 Å². The number of hydrogen-bond acceptors (Lipinski definition) is 1. The molecule has 0 aromatic carbocycles. The van der Waals surface area contributed by atoms with Gasteiger partial charge in [-0.2, -0.15) is 13.2 Å². The van der Waals surface area contributed by atoms with Crippen molar-refractivity contribution in [1.82, 2.24) is 4.57 Å². The summed E-state index contributed by atoms with van der Waals surface area (Å²) in [6, 6.07) is 2.69. The van der Waals surface area contributed by atoms with Crippen molar-refractivity contribution in [3.8, 4) is 0 Å². The third kappa shape index (κ3) is 2.90. The van der Waals surface area contributed by atoms with Gasteiger partial charge in [-0.3, -0.25) is 4.79 Å². The van der Waals surface area contributed by atoms with Gasteiger partial charge in [-0.25, -0.2) is 0 Å². The maximum atomic E-state index is 12.0. The van der Waals surface area contributed by atoms with E-state index in [4.69, 9.17) is 0 Å². The lowest BCUT2D eigenvalue weighted by atomic mass is 10.2. The molecular formula is C9H10F3NO. The number of alkyl halides is 3. The molecule has 5 heteroatoms. The SMILES string of the molecule is CCc1ccc(=O)n(CC(F)(F)F)c1. The van der Waals surface area contributed by atoms with Gasteiger partial charge in [0.25, 0.3) is 5.56 Å². The fraction of sp³-hybridized carbons (Fsp3) is 0.444. The lowest BCUT2D eigenvalue weighted by molar-refractivity contribution is -0.141. The number of hydrogen-bond donors (Lipinski definition) is 0. The molecule has 0 fully saturated rings. The molecule has 78 valence electrons. The molecule has 0 aliphatic carbocycles. The van der Waals surface area contributed by atoms with Crippen molar-refractivity contribution in [3.63, 3.8) is 0 Å². The molecule has 1 heterocycles. The zero-order valence-corrected chi connectivity index (χ0v) is 7.64. The standard InChI is InChI=1S/C9H10F3NO/c1-2-7-3-4-8(14)13(5-7)6-9(10,11)12/h3-5H,2,6H2,1H3. The van der Waals surface area contributed by atoms with E-state index in [1.54, 1.807) is 0 Å². The van der Waals surface area contributed by atoms with Gasteiger partial charge >= 0.3 is 6.18 Å². The molecule has 1 aromatic heterocycles. The Hall–Kier alpha value is -1.26. The number of pyridine rings is 1. The van der Waals surface area contributed by atoms with E-state index < -0.39 is 18.3 Å². The van der Waals surface area contributed by atoms with Gasteiger partial charge in [-0.1, -0.05) is 13.0 Å². The van der Waals surface area contributed by atoms with E-state index in [-0.39, 0.29) is 0 Å². The van der Waals surface area contributed by atoms with Crippen molar-refractivity contribution < 1.29 is 13.2 Å². The Morgan fingerprint density at radius 1 is 1.36 bits per heavy atom. The van der Waals surface area contributed by atoms with Crippen LogP contribution >= 0.6 is 0 Å². The molecule has 1 aromatic rings. The zero-order valence-electron chi connectivity index (χ0n) is 7.64. The van der Waals surface area contributed by atoms with Crippen molar-refractivity contribution >= 4 is 0 Å². The van der Waals surface area contributed by atoms with Crippen LogP contribution in [0.25, 0.3) is 0 Å². The molecule has 1 rings (SSSR count). The van der Waals surface area contributed by atoms with E-state index in [2.05, 4.69) is 0 Å². The van der Waals surface area contributed by atoms with Crippen molar-refractivity contribution in [2.45, 2.75) is 26.1 Å². The highest BCUT2D eigenvalue weighted by atomic mass is 19.4. The molecule has 0 aliphatic heterocycles. The first-order valence-electron chi connectivity index (χ1n) is 4.18. The summed E-state index contributed by atoms with van der Waals surface area (Å²) in [6.07, 6.45) is -2.50. The Labute approximate surface area is 79.0 Å². The molecule has 0 saturated heterocycles. The van der Waals surface area contributed by atoms with Gasteiger partial charge in [0.15, 0.2) is 0 Å². The molecule has 0 bridgehead atoms. The monoisotopic (exact) mass is 205 g/mol. The van der Waals surface area contributed by atoms with Crippen LogP contribution < -0.4 is 5.56 Å². The predicted molar refractivity (Wildman–Crippen MR) is 46.1 cm³/mol. The average molecular weight is 205 g/mol. The Balaban J connectivity index is 3.01. The molecule has 0 aliphatic rings. The molecule has 0 atom stereocenters. The number of halogens is 3. The fourth-order valence-electron chi connectivity index (χ4n) is 1.11. The number of aromatic nitrogens is 1. The van der Waals surface area contributed by atoms with Crippen molar-refractivity contribution in [1.29, 1.82) is 0 Å². The molecule has 0 saturated carbocycles. The Kier molecular flexibility index (Phi) is 2.98. The fourth-order valence-corrected chi connectivity index (χ4v) is 1.11. The second-order valence-corrected chi connectivity index (χ2v) is 2.97. The minimum atomic E-state index is -4.35. The van der Waals surface area contributed by atoms with Gasteiger partial charge in [0.1, 0.15) is 6.54 Å². The molecule has 0 N–H and O–H groups in total. The highest BCUT2D eigenvalue weighted by Crippen LogP contribution is 2.16. The van der Waals surface area contributed by atoms with E-state index in [1.165, 1.54) is 12.3 Å². The minimum absolute atomic E-state index is 0.609. The van der Waals surface area contributed by atoms with Gasteiger partial charge < -0.3 is 4.57 Å². The second-order valence-electron chi connectivity index (χ2n) is 2.97. The van der Waals surface area contributed by atoms with Crippen LogP contribution in [0, 0.1) is 0 Å². The number of aryl methyl sites for hydroxylation is 1. The molecular weight excluding hydrogens is 195 g/mol. The largest absolute Gasteiger partial charge is 0.406 e. The Morgan fingerprint density at radius 2 is 2.00 bits per heavy atom. The first-order chi connectivity index (χ1) is 6.42. The zero-order chi connectivity index (χ0) is 10.8. The molecule has 0 unspecified atom stereocenters. The molecule has 0 radical (unpaired) electrons. The van der Waals surface area contributed by atoms with Crippen LogP contribution in [0.1, 0.15) is 12.5 Å². The van der Waals surface area contributed by atoms with Crippen LogP contribution in [0.4, 0.5) is 13.2 Å². The number of nitrogens with zero attached hydrogens (tertiary/aromatic N) is 1. The molecule has 0 amide bonds. The van der Waals surface area contributed by atoms with E-state index in [0.717, 1.165) is 6.07 Å². The summed E-state index contributed by atoms with van der Waals surface area (Å²) in [5, 5.41) is 0. The van der Waals surface area contributed by atoms with Crippen LogP contribution in [0.15, 0.2) is 23.1 Å². The van der Waals surface area contributed by atoms with Gasteiger partial charge in [0.2, 0.25) is 0 Å². The molecule has 0 spiro atoms. The topological polar surface area (TPSA) is 22.0 Å². The summed E-state index contributed by atoms with van der Waals surface area (Å²) in [5.74, 6) is 0. The summed E-state index contributed by atoms with van der Waals surface area (Å²) < 4.78 is 36.7. The van der Waals surface area contributed by atoms with Crippen LogP contribution in [-0.4, -0.2) is 10.7 Å². The van der Waals surface area contributed by atoms with Crippen LogP contribution in [0.2, 0.25) is 0 Å². The van der Waals surface area contributed by atoms with Gasteiger partial charge in [0, 0.05) is 12.3 Å². The van der Waals surface area contributed by atoms with Crippen molar-refractivity contribution in [3.05, 3.63) is 34.2 Å². The quantitative estimate of drug-likeness (QED) is 0.723. The third-order valence-corrected chi connectivity index (χ3v) is 1.80. The van der Waals surface area contributed by atoms with E-state index >= 15 is 0 Å². The predicted octanol–water partition coefficient (Wildman–Crippen LogP) is 1.97. The van der Waals surface area contributed by atoms with Gasteiger partial charge in [0.05, 0.1) is 0 Å². The highest BCUT2D eigenvalue weighted by molar-refractivity contribution is 5.09. The molecule has 14 heavy (non-hydrogen) atoms. The van der Waals surface area contributed by atoms with Gasteiger partial charge in [-0.05, 0) is 12.0 Å². The lowest BCUT2D eigenvalue weighted by Crippen LogP contribution is -2.27. The smallest absolute Gasteiger partial charge is 0.306 e. The first kappa shape index (κ1) is 10.8. The van der Waals surface area contributed by atoms with Crippen LogP contribution in [-0.2, 0) is 13.0 Å². The summed E-state index contributed by atoms with van der Waals surface area (Å²) in [6.45, 7) is 0.595. The minimum Gasteiger partial charge on any atom is -0.306 e. The normalized spacial score (nSPS) is 11.7. The summed E-state index contributed by atoms with van der Waals surface area (Å²) in [5.41, 5.74) is 0.0911.